The second-order valence-electron chi connectivity index (χ2n) is 11.3. The summed E-state index contributed by atoms with van der Waals surface area (Å²) in [7, 11) is 0. The predicted molar refractivity (Wildman–Crippen MR) is 190 cm³/mol. The van der Waals surface area contributed by atoms with Gasteiger partial charge in [0, 0.05) is 0 Å². The first kappa shape index (κ1) is 24.8. The molecule has 0 radical (unpaired) electrons. The normalized spacial score (nSPS) is 12.1. The van der Waals surface area contributed by atoms with Crippen molar-refractivity contribution in [3.05, 3.63) is 140 Å². The molecule has 0 saturated carbocycles. The molecule has 0 saturated heterocycles. The van der Waals surface area contributed by atoms with Gasteiger partial charge in [0.1, 0.15) is 0 Å². The Hall–Kier alpha value is -4.56. The summed E-state index contributed by atoms with van der Waals surface area (Å²) in [4.78, 5) is 2.47. The van der Waals surface area contributed by atoms with E-state index < -0.39 is 0 Å². The van der Waals surface area contributed by atoms with Crippen LogP contribution in [0.25, 0.3) is 71.3 Å². The van der Waals surface area contributed by atoms with E-state index in [1.54, 1.807) is 0 Å². The summed E-state index contributed by atoms with van der Waals surface area (Å²) in [5, 5.41) is 10.5. The van der Waals surface area contributed by atoms with Crippen LogP contribution >= 0.6 is 0 Å². The molecule has 0 unspecified atom stereocenters. The standard InChI is InChI=1S/C40H23NOSe2/c1-2-9-27-24(8-1)16-19-33-31-21-18-26(23-38(31)44-39(27)33)41(25-17-20-29-28-10-3-5-14-35(28)42-36(29)22-25)34-13-7-12-32-30-11-4-6-15-37(30)43-40(32)34/h1-23H. The second kappa shape index (κ2) is 9.47. The van der Waals surface area contributed by atoms with Crippen molar-refractivity contribution in [3.63, 3.8) is 0 Å². The van der Waals surface area contributed by atoms with Gasteiger partial charge in [0.25, 0.3) is 0 Å². The summed E-state index contributed by atoms with van der Waals surface area (Å²) in [6, 6.07) is 51.3. The Morgan fingerprint density at radius 3 is 1.98 bits per heavy atom. The number of hydrogen-bond donors (Lipinski definition) is 0. The van der Waals surface area contributed by atoms with Gasteiger partial charge in [-0.25, -0.2) is 0 Å². The first-order valence-corrected chi connectivity index (χ1v) is 18.2. The molecule has 10 aromatic rings. The summed E-state index contributed by atoms with van der Waals surface area (Å²) in [6.45, 7) is 0. The molecule has 4 heteroatoms. The molecule has 10 rings (SSSR count). The fourth-order valence-corrected chi connectivity index (χ4v) is 12.0. The van der Waals surface area contributed by atoms with Crippen molar-refractivity contribution < 1.29 is 4.42 Å². The molecule has 0 atom stereocenters. The molecule has 0 aliphatic heterocycles. The molecular formula is C40H23NOSe2. The van der Waals surface area contributed by atoms with Crippen LogP contribution in [-0.2, 0) is 0 Å². The van der Waals surface area contributed by atoms with E-state index in [-0.39, 0.29) is 29.0 Å². The Kier molecular flexibility index (Phi) is 5.34. The zero-order valence-electron chi connectivity index (χ0n) is 23.5. The zero-order valence-corrected chi connectivity index (χ0v) is 26.9. The molecule has 44 heavy (non-hydrogen) atoms. The number of anilines is 3. The SMILES string of the molecule is c1ccc2c(c1)ccc1c3ccc(N(c4ccc5c(c4)oc4ccccc45)c4cccc5c4[se]c4ccccc45)cc3[se]c21. The van der Waals surface area contributed by atoms with Gasteiger partial charge in [-0.2, -0.15) is 0 Å². The van der Waals surface area contributed by atoms with Crippen molar-refractivity contribution in [1.29, 1.82) is 0 Å². The second-order valence-corrected chi connectivity index (χ2v) is 15.7. The average molecular weight is 692 g/mol. The molecule has 0 aliphatic rings. The Morgan fingerprint density at radius 1 is 0.409 bits per heavy atom. The van der Waals surface area contributed by atoms with Gasteiger partial charge in [0.15, 0.2) is 0 Å². The third-order valence-corrected chi connectivity index (χ3v) is 13.9. The molecule has 0 bridgehead atoms. The van der Waals surface area contributed by atoms with E-state index >= 15 is 0 Å². The maximum absolute atomic E-state index is 6.40. The van der Waals surface area contributed by atoms with Crippen LogP contribution in [0.4, 0.5) is 17.1 Å². The van der Waals surface area contributed by atoms with E-state index in [2.05, 4.69) is 138 Å². The van der Waals surface area contributed by atoms with Crippen molar-refractivity contribution in [1.82, 2.24) is 0 Å². The summed E-state index contributed by atoms with van der Waals surface area (Å²) in [6.07, 6.45) is 0. The fraction of sp³-hybridized carbons (Fsp3) is 0. The van der Waals surface area contributed by atoms with Crippen LogP contribution in [0.3, 0.4) is 0 Å². The average Bonchev–Trinajstić information content (AvgIpc) is 3.76. The van der Waals surface area contributed by atoms with Crippen LogP contribution in [0, 0.1) is 0 Å². The van der Waals surface area contributed by atoms with Gasteiger partial charge >= 0.3 is 266 Å². The van der Waals surface area contributed by atoms with Crippen LogP contribution in [0.15, 0.2) is 144 Å². The van der Waals surface area contributed by atoms with Gasteiger partial charge in [0.2, 0.25) is 0 Å². The Balaban J connectivity index is 1.25. The molecule has 0 amide bonds. The van der Waals surface area contributed by atoms with E-state index in [1.807, 2.05) is 6.07 Å². The Bertz CT molecular complexity index is 2750. The fourth-order valence-electron chi connectivity index (χ4n) is 6.82. The predicted octanol–water partition coefficient (Wildman–Crippen LogP) is 10.9. The number of hydrogen-bond acceptors (Lipinski definition) is 2. The quantitative estimate of drug-likeness (QED) is 0.172. The topological polar surface area (TPSA) is 16.4 Å². The van der Waals surface area contributed by atoms with E-state index in [4.69, 9.17) is 4.42 Å². The number of furan rings is 1. The third kappa shape index (κ3) is 3.60. The van der Waals surface area contributed by atoms with Gasteiger partial charge in [-0.05, 0) is 0 Å². The minimum absolute atomic E-state index is 0.222. The number of para-hydroxylation sites is 1. The number of benzene rings is 7. The molecule has 0 fully saturated rings. The maximum atomic E-state index is 6.40. The summed E-state index contributed by atoms with van der Waals surface area (Å²) in [5.41, 5.74) is 5.40. The first-order chi connectivity index (χ1) is 21.8. The van der Waals surface area contributed by atoms with Gasteiger partial charge in [0.05, 0.1) is 0 Å². The number of rotatable bonds is 3. The van der Waals surface area contributed by atoms with E-state index in [0.717, 1.165) is 27.6 Å². The Labute approximate surface area is 264 Å². The summed E-state index contributed by atoms with van der Waals surface area (Å²) < 4.78 is 12.2. The number of nitrogens with zero attached hydrogens (tertiary/aromatic N) is 1. The molecule has 2 nitrogen and oxygen atoms in total. The van der Waals surface area contributed by atoms with Gasteiger partial charge in [-0.15, -0.1) is 0 Å². The third-order valence-electron chi connectivity index (χ3n) is 8.85. The van der Waals surface area contributed by atoms with Crippen LogP contribution in [0.2, 0.25) is 0 Å². The molecule has 3 heterocycles. The monoisotopic (exact) mass is 693 g/mol. The van der Waals surface area contributed by atoms with Crippen LogP contribution < -0.4 is 4.90 Å². The molecule has 0 N–H and O–H groups in total. The molecular weight excluding hydrogens is 668 g/mol. The van der Waals surface area contributed by atoms with Crippen LogP contribution in [-0.4, -0.2) is 29.0 Å². The van der Waals surface area contributed by atoms with Gasteiger partial charge < -0.3 is 0 Å². The molecule has 0 spiro atoms. The van der Waals surface area contributed by atoms with Crippen molar-refractivity contribution >= 4 is 117 Å². The van der Waals surface area contributed by atoms with Crippen molar-refractivity contribution in [2.45, 2.75) is 0 Å². The first-order valence-electron chi connectivity index (χ1n) is 14.8. The van der Waals surface area contributed by atoms with Crippen LogP contribution in [0.5, 0.6) is 0 Å². The van der Waals surface area contributed by atoms with Crippen molar-refractivity contribution in [2.24, 2.45) is 0 Å². The molecule has 0 aliphatic carbocycles. The summed E-state index contributed by atoms with van der Waals surface area (Å²) >= 11 is 0.453. The zero-order chi connectivity index (χ0) is 28.8. The Morgan fingerprint density at radius 2 is 1.05 bits per heavy atom. The molecule has 7 aromatic carbocycles. The van der Waals surface area contributed by atoms with Crippen LogP contribution in [0.1, 0.15) is 0 Å². The van der Waals surface area contributed by atoms with E-state index in [9.17, 15) is 0 Å². The molecule has 3 aromatic heterocycles. The van der Waals surface area contributed by atoms with Gasteiger partial charge in [-0.1, -0.05) is 0 Å². The van der Waals surface area contributed by atoms with Crippen molar-refractivity contribution in [3.8, 4) is 0 Å². The van der Waals surface area contributed by atoms with E-state index in [0.29, 0.717) is 0 Å². The minimum atomic E-state index is 0.222. The van der Waals surface area contributed by atoms with E-state index in [1.165, 1.54) is 60.7 Å². The molecule has 206 valence electrons. The van der Waals surface area contributed by atoms with Crippen molar-refractivity contribution in [2.75, 3.05) is 4.90 Å². The number of fused-ring (bicyclic) bond motifs is 11. The summed E-state index contributed by atoms with van der Waals surface area (Å²) in [5.74, 6) is 0. The van der Waals surface area contributed by atoms with Gasteiger partial charge in [-0.3, -0.25) is 0 Å².